The minimum absolute atomic E-state index is 0.0152. The predicted octanol–water partition coefficient (Wildman–Crippen LogP) is 2.71. The third kappa shape index (κ3) is 4.30. The zero-order valence-electron chi connectivity index (χ0n) is 13.8. The van der Waals surface area contributed by atoms with E-state index < -0.39 is 12.0 Å². The number of urea groups is 1. The van der Waals surface area contributed by atoms with E-state index in [1.54, 1.807) is 24.3 Å². The summed E-state index contributed by atoms with van der Waals surface area (Å²) in [5.74, 6) is -0.141. The number of benzene rings is 1. The van der Waals surface area contributed by atoms with Gasteiger partial charge in [-0.05, 0) is 30.7 Å². The summed E-state index contributed by atoms with van der Waals surface area (Å²) in [5.41, 5.74) is 2.08. The Balaban J connectivity index is 2.18. The summed E-state index contributed by atoms with van der Waals surface area (Å²) in [6.07, 6.45) is 0.0152. The Morgan fingerprint density at radius 2 is 1.88 bits per heavy atom. The number of pyridine rings is 1. The lowest BCUT2D eigenvalue weighted by molar-refractivity contribution is -0.139. The normalized spacial score (nSPS) is 10.1. The number of hydrogen-bond acceptors (Lipinski definition) is 5. The van der Waals surface area contributed by atoms with Gasteiger partial charge in [0.1, 0.15) is 0 Å². The Kier molecular flexibility index (Phi) is 5.86. The average molecular weight is 329 g/mol. The van der Waals surface area contributed by atoms with Crippen molar-refractivity contribution in [3.63, 3.8) is 0 Å². The first kappa shape index (κ1) is 17.4. The highest BCUT2D eigenvalue weighted by molar-refractivity contribution is 6.00. The largest absolute Gasteiger partial charge is 0.469 e. The first-order valence-corrected chi connectivity index (χ1v) is 7.28. The quantitative estimate of drug-likeness (QED) is 0.674. The van der Waals surface area contributed by atoms with Crippen LogP contribution in [0.3, 0.4) is 0 Å². The van der Waals surface area contributed by atoms with Gasteiger partial charge in [0.2, 0.25) is 0 Å². The van der Waals surface area contributed by atoms with Crippen LogP contribution in [0.1, 0.15) is 11.3 Å². The number of ether oxygens (including phenoxy) is 1. The minimum atomic E-state index is -0.491. The highest BCUT2D eigenvalue weighted by atomic mass is 16.7. The summed E-state index contributed by atoms with van der Waals surface area (Å²) in [6.45, 7) is 1.89. The Labute approximate surface area is 140 Å². The van der Waals surface area contributed by atoms with Gasteiger partial charge in [-0.2, -0.15) is 5.06 Å². The highest BCUT2D eigenvalue weighted by Crippen LogP contribution is 2.17. The molecule has 2 aromatic rings. The van der Waals surface area contributed by atoms with Gasteiger partial charge >= 0.3 is 12.0 Å². The van der Waals surface area contributed by atoms with Crippen LogP contribution in [0.2, 0.25) is 0 Å². The molecule has 0 saturated heterocycles. The van der Waals surface area contributed by atoms with Crippen LogP contribution < -0.4 is 10.4 Å². The molecule has 2 rings (SSSR count). The standard InChI is InChI=1S/C17H19N3O4/c1-12-7-4-5-9-14(12)19-17(22)20(24-3)15-10-6-8-13(18-15)11-16(21)23-2/h4-10H,11H2,1-3H3,(H,19,22). The fourth-order valence-corrected chi connectivity index (χ4v) is 2.06. The third-order valence-corrected chi connectivity index (χ3v) is 3.31. The van der Waals surface area contributed by atoms with Crippen molar-refractivity contribution in [2.24, 2.45) is 0 Å². The fourth-order valence-electron chi connectivity index (χ4n) is 2.06. The Bertz CT molecular complexity index is 733. The number of aryl methyl sites for hydroxylation is 1. The maximum atomic E-state index is 12.4. The molecule has 24 heavy (non-hydrogen) atoms. The van der Waals surface area contributed by atoms with E-state index in [1.807, 2.05) is 25.1 Å². The SMILES string of the molecule is COC(=O)Cc1cccc(N(OC)C(=O)Nc2ccccc2C)n1. The van der Waals surface area contributed by atoms with Gasteiger partial charge in [0, 0.05) is 5.69 Å². The van der Waals surface area contributed by atoms with Gasteiger partial charge in [-0.15, -0.1) is 0 Å². The van der Waals surface area contributed by atoms with Gasteiger partial charge in [-0.25, -0.2) is 9.78 Å². The number of nitrogens with one attached hydrogen (secondary N) is 1. The van der Waals surface area contributed by atoms with Gasteiger partial charge in [-0.1, -0.05) is 24.3 Å². The molecule has 7 nitrogen and oxygen atoms in total. The van der Waals surface area contributed by atoms with E-state index in [9.17, 15) is 9.59 Å². The average Bonchev–Trinajstić information content (AvgIpc) is 2.58. The molecule has 1 N–H and O–H groups in total. The van der Waals surface area contributed by atoms with E-state index in [0.29, 0.717) is 11.4 Å². The van der Waals surface area contributed by atoms with Gasteiger partial charge in [0.25, 0.3) is 0 Å². The minimum Gasteiger partial charge on any atom is -0.469 e. The van der Waals surface area contributed by atoms with Crippen molar-refractivity contribution in [2.45, 2.75) is 13.3 Å². The number of hydroxylamine groups is 1. The maximum absolute atomic E-state index is 12.4. The Morgan fingerprint density at radius 1 is 1.12 bits per heavy atom. The van der Waals surface area contributed by atoms with E-state index >= 15 is 0 Å². The molecule has 1 aromatic carbocycles. The maximum Gasteiger partial charge on any atom is 0.352 e. The fraction of sp³-hybridized carbons (Fsp3) is 0.235. The lowest BCUT2D eigenvalue weighted by Gasteiger charge is -2.20. The van der Waals surface area contributed by atoms with Crippen molar-refractivity contribution in [1.29, 1.82) is 0 Å². The summed E-state index contributed by atoms with van der Waals surface area (Å²) >= 11 is 0. The molecular weight excluding hydrogens is 310 g/mol. The number of rotatable bonds is 5. The number of carbonyl (C=O) groups excluding carboxylic acids is 2. The van der Waals surface area contributed by atoms with Crippen LogP contribution in [0.4, 0.5) is 16.3 Å². The zero-order chi connectivity index (χ0) is 17.5. The van der Waals surface area contributed by atoms with Crippen molar-refractivity contribution < 1.29 is 19.2 Å². The molecule has 0 unspecified atom stereocenters. The van der Waals surface area contributed by atoms with E-state index in [4.69, 9.17) is 4.84 Å². The monoisotopic (exact) mass is 329 g/mol. The number of carbonyl (C=O) groups is 2. The topological polar surface area (TPSA) is 80.8 Å². The summed E-state index contributed by atoms with van der Waals surface area (Å²) in [5, 5.41) is 3.78. The van der Waals surface area contributed by atoms with E-state index in [-0.39, 0.29) is 12.2 Å². The molecule has 0 spiro atoms. The molecule has 2 amide bonds. The van der Waals surface area contributed by atoms with Crippen LogP contribution in [0.15, 0.2) is 42.5 Å². The summed E-state index contributed by atoms with van der Waals surface area (Å²) in [7, 11) is 2.68. The van der Waals surface area contributed by atoms with Gasteiger partial charge in [-0.3, -0.25) is 9.63 Å². The number of anilines is 2. The molecule has 126 valence electrons. The third-order valence-electron chi connectivity index (χ3n) is 3.31. The van der Waals surface area contributed by atoms with Crippen LogP contribution in [-0.2, 0) is 20.8 Å². The van der Waals surface area contributed by atoms with Crippen molar-refractivity contribution in [3.8, 4) is 0 Å². The van der Waals surface area contributed by atoms with Crippen molar-refractivity contribution >= 4 is 23.5 Å². The van der Waals surface area contributed by atoms with Crippen molar-refractivity contribution in [3.05, 3.63) is 53.7 Å². The number of esters is 1. The number of methoxy groups -OCH3 is 1. The molecule has 0 aliphatic rings. The van der Waals surface area contributed by atoms with Crippen LogP contribution in [-0.4, -0.2) is 31.2 Å². The Morgan fingerprint density at radius 3 is 2.54 bits per heavy atom. The molecule has 0 fully saturated rings. The summed E-state index contributed by atoms with van der Waals surface area (Å²) in [4.78, 5) is 33.2. The van der Waals surface area contributed by atoms with E-state index in [1.165, 1.54) is 14.2 Å². The molecule has 0 radical (unpaired) electrons. The number of aromatic nitrogens is 1. The smallest absolute Gasteiger partial charge is 0.352 e. The second-order valence-corrected chi connectivity index (χ2v) is 4.96. The highest BCUT2D eigenvalue weighted by Gasteiger charge is 2.18. The molecule has 1 heterocycles. The van der Waals surface area contributed by atoms with Gasteiger partial charge in [0.05, 0.1) is 26.3 Å². The second kappa shape index (κ2) is 8.07. The Hall–Kier alpha value is -2.93. The lowest BCUT2D eigenvalue weighted by atomic mass is 10.2. The number of amides is 2. The first-order valence-electron chi connectivity index (χ1n) is 7.28. The molecule has 0 atom stereocenters. The van der Waals surface area contributed by atoms with Crippen LogP contribution >= 0.6 is 0 Å². The van der Waals surface area contributed by atoms with Gasteiger partial charge < -0.3 is 10.1 Å². The van der Waals surface area contributed by atoms with E-state index in [2.05, 4.69) is 15.0 Å². The van der Waals surface area contributed by atoms with Crippen LogP contribution in [0.5, 0.6) is 0 Å². The molecule has 1 aromatic heterocycles. The molecular formula is C17H19N3O4. The lowest BCUT2D eigenvalue weighted by Crippen LogP contribution is -2.35. The number of hydrogen-bond donors (Lipinski definition) is 1. The first-order chi connectivity index (χ1) is 11.5. The molecule has 0 aliphatic heterocycles. The number of para-hydroxylation sites is 1. The van der Waals surface area contributed by atoms with Crippen LogP contribution in [0, 0.1) is 6.92 Å². The molecule has 0 bridgehead atoms. The van der Waals surface area contributed by atoms with Crippen molar-refractivity contribution in [2.75, 3.05) is 24.6 Å². The molecule has 0 aliphatic carbocycles. The predicted molar refractivity (Wildman–Crippen MR) is 89.6 cm³/mol. The summed E-state index contributed by atoms with van der Waals surface area (Å²) in [6, 6.07) is 11.9. The second-order valence-electron chi connectivity index (χ2n) is 4.96. The summed E-state index contributed by atoms with van der Waals surface area (Å²) < 4.78 is 4.62. The van der Waals surface area contributed by atoms with Gasteiger partial charge in [0.15, 0.2) is 5.82 Å². The zero-order valence-corrected chi connectivity index (χ0v) is 13.8. The number of nitrogens with zero attached hydrogens (tertiary/aromatic N) is 2. The van der Waals surface area contributed by atoms with Crippen molar-refractivity contribution in [1.82, 2.24) is 4.98 Å². The molecule has 0 saturated carbocycles. The molecule has 7 heteroatoms. The van der Waals surface area contributed by atoms with E-state index in [0.717, 1.165) is 10.6 Å². The van der Waals surface area contributed by atoms with Crippen LogP contribution in [0.25, 0.3) is 0 Å².